The molecule has 0 saturated heterocycles. The van der Waals surface area contributed by atoms with Crippen molar-refractivity contribution in [2.45, 2.75) is 38.6 Å². The second-order valence-corrected chi connectivity index (χ2v) is 4.71. The molecule has 0 aliphatic heterocycles. The molecule has 3 heteroatoms. The molecule has 1 aliphatic carbocycles. The average molecular weight is 195 g/mol. The topological polar surface area (TPSA) is 53.0 Å². The minimum absolute atomic E-state index is 0.690. The highest BCUT2D eigenvalue weighted by Gasteiger charge is 2.27. The first-order valence-electron chi connectivity index (χ1n) is 5.50. The number of hydrogen-bond acceptors (Lipinski definition) is 3. The Kier molecular flexibility index (Phi) is 3.91. The molecule has 1 rings (SSSR count). The van der Waals surface area contributed by atoms with Crippen molar-refractivity contribution in [1.29, 1.82) is 5.26 Å². The number of nitriles is 1. The molecule has 0 aromatic carbocycles. The Morgan fingerprint density at radius 1 is 1.57 bits per heavy atom. The SMILES string of the molecule is CCCN(CC1CC1)CC(C)(N)C#N. The maximum Gasteiger partial charge on any atom is 0.114 e. The van der Waals surface area contributed by atoms with Crippen LogP contribution in [0.3, 0.4) is 0 Å². The smallest absolute Gasteiger partial charge is 0.114 e. The molecule has 0 radical (unpaired) electrons. The largest absolute Gasteiger partial charge is 0.313 e. The normalized spacial score (nSPS) is 20.5. The number of hydrogen-bond donors (Lipinski definition) is 1. The van der Waals surface area contributed by atoms with E-state index in [0.29, 0.717) is 6.54 Å². The molecule has 1 atom stereocenters. The molecule has 1 saturated carbocycles. The van der Waals surface area contributed by atoms with Crippen LogP contribution in [-0.2, 0) is 0 Å². The molecular weight excluding hydrogens is 174 g/mol. The summed E-state index contributed by atoms with van der Waals surface area (Å²) in [6.45, 7) is 6.86. The third kappa shape index (κ3) is 4.08. The summed E-state index contributed by atoms with van der Waals surface area (Å²) in [6.07, 6.45) is 3.84. The Balaban J connectivity index is 2.37. The van der Waals surface area contributed by atoms with E-state index in [1.807, 2.05) is 6.92 Å². The third-order valence-electron chi connectivity index (χ3n) is 2.56. The fraction of sp³-hybridized carbons (Fsp3) is 0.909. The van der Waals surface area contributed by atoms with Crippen LogP contribution in [0.5, 0.6) is 0 Å². The highest BCUT2D eigenvalue weighted by molar-refractivity contribution is 5.03. The quantitative estimate of drug-likeness (QED) is 0.696. The van der Waals surface area contributed by atoms with Gasteiger partial charge < -0.3 is 10.6 Å². The summed E-state index contributed by atoms with van der Waals surface area (Å²) in [5, 5.41) is 8.86. The Morgan fingerprint density at radius 3 is 2.64 bits per heavy atom. The molecule has 2 N–H and O–H groups in total. The van der Waals surface area contributed by atoms with Crippen molar-refractivity contribution < 1.29 is 0 Å². The molecule has 1 aliphatic rings. The summed E-state index contributed by atoms with van der Waals surface area (Å²) >= 11 is 0. The minimum atomic E-state index is -0.690. The van der Waals surface area contributed by atoms with Crippen LogP contribution in [0.25, 0.3) is 0 Å². The van der Waals surface area contributed by atoms with Gasteiger partial charge in [0.1, 0.15) is 5.54 Å². The molecular formula is C11H21N3. The van der Waals surface area contributed by atoms with Gasteiger partial charge in [-0.15, -0.1) is 0 Å². The van der Waals surface area contributed by atoms with Gasteiger partial charge in [0, 0.05) is 13.1 Å². The van der Waals surface area contributed by atoms with Crippen LogP contribution >= 0.6 is 0 Å². The van der Waals surface area contributed by atoms with Crippen LogP contribution in [0.2, 0.25) is 0 Å². The molecule has 0 bridgehead atoms. The van der Waals surface area contributed by atoms with Gasteiger partial charge in [-0.05, 0) is 38.6 Å². The van der Waals surface area contributed by atoms with E-state index in [1.54, 1.807) is 0 Å². The zero-order valence-electron chi connectivity index (χ0n) is 9.29. The maximum absolute atomic E-state index is 8.86. The van der Waals surface area contributed by atoms with Crippen LogP contribution < -0.4 is 5.73 Å². The van der Waals surface area contributed by atoms with Gasteiger partial charge in [0.25, 0.3) is 0 Å². The zero-order chi connectivity index (χ0) is 10.6. The molecule has 0 aromatic heterocycles. The third-order valence-corrected chi connectivity index (χ3v) is 2.56. The summed E-state index contributed by atoms with van der Waals surface area (Å²) in [5.41, 5.74) is 5.15. The summed E-state index contributed by atoms with van der Waals surface area (Å²) < 4.78 is 0. The second-order valence-electron chi connectivity index (χ2n) is 4.71. The Labute approximate surface area is 86.9 Å². The predicted octanol–water partition coefficient (Wildman–Crippen LogP) is 1.35. The van der Waals surface area contributed by atoms with Crippen molar-refractivity contribution in [2.24, 2.45) is 11.7 Å². The van der Waals surface area contributed by atoms with Gasteiger partial charge >= 0.3 is 0 Å². The Hall–Kier alpha value is -0.590. The first-order valence-corrected chi connectivity index (χ1v) is 5.50. The summed E-state index contributed by atoms with van der Waals surface area (Å²) in [4.78, 5) is 2.33. The highest BCUT2D eigenvalue weighted by atomic mass is 15.1. The van der Waals surface area contributed by atoms with E-state index < -0.39 is 5.54 Å². The molecule has 0 amide bonds. The van der Waals surface area contributed by atoms with E-state index in [2.05, 4.69) is 17.9 Å². The van der Waals surface area contributed by atoms with Crippen molar-refractivity contribution in [2.75, 3.05) is 19.6 Å². The van der Waals surface area contributed by atoms with Gasteiger partial charge in [0.2, 0.25) is 0 Å². The van der Waals surface area contributed by atoms with Crippen LogP contribution in [0.1, 0.15) is 33.1 Å². The van der Waals surface area contributed by atoms with E-state index in [1.165, 1.54) is 12.8 Å². The van der Waals surface area contributed by atoms with Gasteiger partial charge in [0.05, 0.1) is 6.07 Å². The molecule has 0 heterocycles. The maximum atomic E-state index is 8.86. The van der Waals surface area contributed by atoms with Gasteiger partial charge in [0.15, 0.2) is 0 Å². The van der Waals surface area contributed by atoms with E-state index in [-0.39, 0.29) is 0 Å². The van der Waals surface area contributed by atoms with E-state index in [0.717, 1.165) is 25.4 Å². The molecule has 14 heavy (non-hydrogen) atoms. The lowest BCUT2D eigenvalue weighted by molar-refractivity contribution is 0.232. The second kappa shape index (κ2) is 4.77. The minimum Gasteiger partial charge on any atom is -0.313 e. The summed E-state index contributed by atoms with van der Waals surface area (Å²) in [6, 6.07) is 2.16. The predicted molar refractivity (Wildman–Crippen MR) is 57.7 cm³/mol. The number of nitrogens with two attached hydrogens (primary N) is 1. The van der Waals surface area contributed by atoms with E-state index >= 15 is 0 Å². The Bertz CT molecular complexity index is 213. The van der Waals surface area contributed by atoms with Gasteiger partial charge in [-0.3, -0.25) is 0 Å². The molecule has 3 nitrogen and oxygen atoms in total. The van der Waals surface area contributed by atoms with Gasteiger partial charge in [-0.25, -0.2) is 0 Å². The number of nitrogens with zero attached hydrogens (tertiary/aromatic N) is 2. The average Bonchev–Trinajstić information content (AvgIpc) is 2.88. The van der Waals surface area contributed by atoms with Crippen LogP contribution in [0.4, 0.5) is 0 Å². The lowest BCUT2D eigenvalue weighted by atomic mass is 10.1. The zero-order valence-corrected chi connectivity index (χ0v) is 9.29. The van der Waals surface area contributed by atoms with Crippen LogP contribution in [-0.4, -0.2) is 30.1 Å². The molecule has 80 valence electrons. The highest BCUT2D eigenvalue weighted by Crippen LogP contribution is 2.29. The first-order chi connectivity index (χ1) is 6.57. The monoisotopic (exact) mass is 195 g/mol. The van der Waals surface area contributed by atoms with E-state index in [4.69, 9.17) is 11.0 Å². The van der Waals surface area contributed by atoms with Crippen molar-refractivity contribution in [3.63, 3.8) is 0 Å². The molecule has 1 fully saturated rings. The van der Waals surface area contributed by atoms with E-state index in [9.17, 15) is 0 Å². The van der Waals surface area contributed by atoms with Crippen LogP contribution in [0.15, 0.2) is 0 Å². The Morgan fingerprint density at radius 2 is 2.21 bits per heavy atom. The molecule has 0 aromatic rings. The lowest BCUT2D eigenvalue weighted by Gasteiger charge is -2.27. The van der Waals surface area contributed by atoms with Crippen molar-refractivity contribution in [3.8, 4) is 6.07 Å². The lowest BCUT2D eigenvalue weighted by Crippen LogP contribution is -2.47. The van der Waals surface area contributed by atoms with Crippen molar-refractivity contribution in [1.82, 2.24) is 4.90 Å². The first kappa shape index (κ1) is 11.5. The summed E-state index contributed by atoms with van der Waals surface area (Å²) in [5.74, 6) is 0.871. The van der Waals surface area contributed by atoms with Crippen molar-refractivity contribution >= 4 is 0 Å². The van der Waals surface area contributed by atoms with Gasteiger partial charge in [-0.1, -0.05) is 6.92 Å². The van der Waals surface area contributed by atoms with Crippen molar-refractivity contribution in [3.05, 3.63) is 0 Å². The molecule has 0 spiro atoms. The molecule has 1 unspecified atom stereocenters. The number of rotatable bonds is 6. The standard InChI is InChI=1S/C11H21N3/c1-3-6-14(7-10-4-5-10)9-11(2,13)8-12/h10H,3-7,9,13H2,1-2H3. The summed E-state index contributed by atoms with van der Waals surface area (Å²) in [7, 11) is 0. The fourth-order valence-electron chi connectivity index (χ4n) is 1.72. The van der Waals surface area contributed by atoms with Crippen LogP contribution in [0, 0.1) is 17.2 Å². The fourth-order valence-corrected chi connectivity index (χ4v) is 1.72. The van der Waals surface area contributed by atoms with Gasteiger partial charge in [-0.2, -0.15) is 5.26 Å².